The number of hydrogen-bond donors (Lipinski definition) is 1. The molecule has 0 aromatic heterocycles. The van der Waals surface area contributed by atoms with Gasteiger partial charge in [0.25, 0.3) is 10.0 Å². The Morgan fingerprint density at radius 2 is 1.61 bits per heavy atom. The van der Waals surface area contributed by atoms with Crippen molar-refractivity contribution in [3.63, 3.8) is 0 Å². The summed E-state index contributed by atoms with van der Waals surface area (Å²) in [6.07, 6.45) is 1.12. The third kappa shape index (κ3) is 8.10. The van der Waals surface area contributed by atoms with Gasteiger partial charge in [-0.25, -0.2) is 8.42 Å². The van der Waals surface area contributed by atoms with Gasteiger partial charge in [0, 0.05) is 13.1 Å². The summed E-state index contributed by atoms with van der Waals surface area (Å²) in [5.41, 5.74) is 3.03. The van der Waals surface area contributed by atoms with Gasteiger partial charge in [0.1, 0.15) is 18.3 Å². The largest absolute Gasteiger partial charge is 0.492 e. The molecule has 0 fully saturated rings. The zero-order valence-corrected chi connectivity index (χ0v) is 25.4. The maximum absolute atomic E-state index is 14.2. The number of anilines is 1. The molecule has 9 heteroatoms. The molecule has 0 unspecified atom stereocenters. The second-order valence-electron chi connectivity index (χ2n) is 9.95. The lowest BCUT2D eigenvalue weighted by molar-refractivity contribution is -0.140. The van der Waals surface area contributed by atoms with Crippen LogP contribution in [-0.4, -0.2) is 50.9 Å². The van der Waals surface area contributed by atoms with Gasteiger partial charge in [-0.1, -0.05) is 73.5 Å². The Morgan fingerprint density at radius 1 is 0.902 bits per heavy atom. The lowest BCUT2D eigenvalue weighted by Crippen LogP contribution is -2.52. The van der Waals surface area contributed by atoms with Crippen molar-refractivity contribution in [2.24, 2.45) is 0 Å². The van der Waals surface area contributed by atoms with Gasteiger partial charge in [0.15, 0.2) is 0 Å². The van der Waals surface area contributed by atoms with Crippen LogP contribution < -0.4 is 14.4 Å². The summed E-state index contributed by atoms with van der Waals surface area (Å²) in [5.74, 6) is -0.415. The molecule has 8 nitrogen and oxygen atoms in total. The van der Waals surface area contributed by atoms with Crippen LogP contribution >= 0.6 is 0 Å². The maximum Gasteiger partial charge on any atom is 0.264 e. The predicted octanol–water partition coefficient (Wildman–Crippen LogP) is 5.23. The molecule has 0 aliphatic rings. The van der Waals surface area contributed by atoms with Gasteiger partial charge in [-0.3, -0.25) is 13.9 Å². The molecular formula is C32H41N3O5S. The van der Waals surface area contributed by atoms with E-state index in [-0.39, 0.29) is 23.0 Å². The average molecular weight is 580 g/mol. The molecule has 3 rings (SSSR count). The second-order valence-corrected chi connectivity index (χ2v) is 11.8. The Balaban J connectivity index is 2.10. The monoisotopic (exact) mass is 579 g/mol. The van der Waals surface area contributed by atoms with Crippen molar-refractivity contribution in [1.29, 1.82) is 0 Å². The van der Waals surface area contributed by atoms with Crippen LogP contribution in [0.2, 0.25) is 0 Å². The van der Waals surface area contributed by atoms with E-state index in [9.17, 15) is 18.0 Å². The quantitative estimate of drug-likeness (QED) is 0.282. The van der Waals surface area contributed by atoms with Gasteiger partial charge in [0.05, 0.1) is 17.2 Å². The van der Waals surface area contributed by atoms with Crippen LogP contribution in [0.5, 0.6) is 5.75 Å². The molecular weight excluding hydrogens is 538 g/mol. The highest BCUT2D eigenvalue weighted by atomic mass is 32.2. The highest BCUT2D eigenvalue weighted by Crippen LogP contribution is 2.33. The third-order valence-corrected chi connectivity index (χ3v) is 8.47. The van der Waals surface area contributed by atoms with E-state index in [1.165, 1.54) is 17.0 Å². The molecule has 220 valence electrons. The van der Waals surface area contributed by atoms with Gasteiger partial charge >= 0.3 is 0 Å². The van der Waals surface area contributed by atoms with E-state index in [0.717, 1.165) is 27.4 Å². The first-order chi connectivity index (χ1) is 19.6. The van der Waals surface area contributed by atoms with Gasteiger partial charge in [-0.15, -0.1) is 0 Å². The summed E-state index contributed by atoms with van der Waals surface area (Å²) in [7, 11) is -4.18. The van der Waals surface area contributed by atoms with E-state index in [1.807, 2.05) is 58.9 Å². The summed E-state index contributed by atoms with van der Waals surface area (Å²) in [6.45, 7) is 9.90. The van der Waals surface area contributed by atoms with Gasteiger partial charge in [0.2, 0.25) is 11.8 Å². The Hall–Kier alpha value is -3.85. The van der Waals surface area contributed by atoms with E-state index < -0.39 is 28.5 Å². The fraction of sp³-hybridized carbons (Fsp3) is 0.375. The first-order valence-corrected chi connectivity index (χ1v) is 15.5. The van der Waals surface area contributed by atoms with Gasteiger partial charge in [-0.05, 0) is 63.4 Å². The van der Waals surface area contributed by atoms with Crippen molar-refractivity contribution >= 4 is 27.5 Å². The van der Waals surface area contributed by atoms with E-state index in [0.29, 0.717) is 25.3 Å². The molecule has 0 heterocycles. The highest BCUT2D eigenvalue weighted by molar-refractivity contribution is 7.92. The molecule has 0 saturated heterocycles. The van der Waals surface area contributed by atoms with E-state index >= 15 is 0 Å². The number of nitrogens with one attached hydrogen (secondary N) is 1. The smallest absolute Gasteiger partial charge is 0.264 e. The van der Waals surface area contributed by atoms with E-state index in [1.54, 1.807) is 36.4 Å². The Bertz CT molecular complexity index is 1420. The number of para-hydroxylation sites is 2. The third-order valence-electron chi connectivity index (χ3n) is 6.69. The lowest BCUT2D eigenvalue weighted by atomic mass is 10.1. The molecule has 0 spiro atoms. The van der Waals surface area contributed by atoms with Crippen molar-refractivity contribution in [3.8, 4) is 5.75 Å². The molecule has 1 N–H and O–H groups in total. The maximum atomic E-state index is 14.2. The van der Waals surface area contributed by atoms with Crippen molar-refractivity contribution < 1.29 is 22.7 Å². The molecule has 0 bridgehead atoms. The van der Waals surface area contributed by atoms with Crippen molar-refractivity contribution in [1.82, 2.24) is 10.2 Å². The fourth-order valence-corrected chi connectivity index (χ4v) is 6.01. The summed E-state index contributed by atoms with van der Waals surface area (Å²) in [6, 6.07) is 20.2. The van der Waals surface area contributed by atoms with Crippen LogP contribution in [-0.2, 0) is 26.2 Å². The number of carbonyl (C=O) groups excluding carboxylic acids is 2. The van der Waals surface area contributed by atoms with Crippen molar-refractivity contribution in [2.45, 2.75) is 64.9 Å². The summed E-state index contributed by atoms with van der Waals surface area (Å²) in [5, 5.41) is 2.90. The predicted molar refractivity (Wildman–Crippen MR) is 162 cm³/mol. The van der Waals surface area contributed by atoms with Crippen LogP contribution in [0.25, 0.3) is 0 Å². The normalized spacial score (nSPS) is 11.9. The molecule has 2 amide bonds. The van der Waals surface area contributed by atoms with E-state index in [2.05, 4.69) is 5.32 Å². The number of sulfonamides is 1. The first-order valence-electron chi connectivity index (χ1n) is 14.1. The van der Waals surface area contributed by atoms with Crippen LogP contribution in [0, 0.1) is 13.8 Å². The number of nitrogens with zero attached hydrogens (tertiary/aromatic N) is 2. The SMILES string of the molecule is CCCNC(=O)[C@H](CC)N(Cc1cccc(C)c1)C(=O)CN(c1ccccc1OCC)S(=O)(=O)c1ccc(C)cc1. The highest BCUT2D eigenvalue weighted by Gasteiger charge is 2.34. The summed E-state index contributed by atoms with van der Waals surface area (Å²) >= 11 is 0. The minimum atomic E-state index is -4.18. The number of hydrogen-bond acceptors (Lipinski definition) is 5. The molecule has 0 aliphatic carbocycles. The molecule has 3 aromatic rings. The number of rotatable bonds is 14. The molecule has 0 radical (unpaired) electrons. The minimum absolute atomic E-state index is 0.0557. The number of aryl methyl sites for hydroxylation is 2. The molecule has 1 atom stereocenters. The molecule has 3 aromatic carbocycles. The Labute approximate surface area is 244 Å². The number of carbonyl (C=O) groups is 2. The van der Waals surface area contributed by atoms with Crippen LogP contribution in [0.1, 0.15) is 50.3 Å². The minimum Gasteiger partial charge on any atom is -0.492 e. The van der Waals surface area contributed by atoms with Crippen molar-refractivity contribution in [3.05, 3.63) is 89.5 Å². The number of ether oxygens (including phenoxy) is 1. The Morgan fingerprint density at radius 3 is 2.24 bits per heavy atom. The molecule has 0 aliphatic heterocycles. The zero-order chi connectivity index (χ0) is 30.0. The van der Waals surface area contributed by atoms with Crippen LogP contribution in [0.4, 0.5) is 5.69 Å². The van der Waals surface area contributed by atoms with Crippen LogP contribution in [0.15, 0.2) is 77.7 Å². The standard InChI is InChI=1S/C32H41N3O5S/c1-6-20-33-32(37)28(7-2)34(22-26-13-11-12-25(5)21-26)31(36)23-35(29-14-9-10-15-30(29)40-8-3)41(38,39)27-18-16-24(4)17-19-27/h9-19,21,28H,6-8,20,22-23H2,1-5H3,(H,33,37)/t28-/m0/s1. The van der Waals surface area contributed by atoms with Crippen molar-refractivity contribution in [2.75, 3.05) is 24.0 Å². The topological polar surface area (TPSA) is 96.0 Å². The van der Waals surface area contributed by atoms with E-state index in [4.69, 9.17) is 4.74 Å². The van der Waals surface area contributed by atoms with Gasteiger partial charge < -0.3 is 15.0 Å². The number of benzene rings is 3. The zero-order valence-electron chi connectivity index (χ0n) is 24.6. The first kappa shape index (κ1) is 31.7. The summed E-state index contributed by atoms with van der Waals surface area (Å²) in [4.78, 5) is 29.0. The average Bonchev–Trinajstić information content (AvgIpc) is 2.95. The second kappa shape index (κ2) is 14.7. The summed E-state index contributed by atoms with van der Waals surface area (Å²) < 4.78 is 35.1. The molecule has 0 saturated carbocycles. The fourth-order valence-electron chi connectivity index (χ4n) is 4.58. The lowest BCUT2D eigenvalue weighted by Gasteiger charge is -2.33. The number of amides is 2. The molecule has 41 heavy (non-hydrogen) atoms. The Kier molecular flexibility index (Phi) is 11.3. The van der Waals surface area contributed by atoms with Crippen LogP contribution in [0.3, 0.4) is 0 Å². The van der Waals surface area contributed by atoms with Gasteiger partial charge in [-0.2, -0.15) is 0 Å².